The van der Waals surface area contributed by atoms with Gasteiger partial charge in [0, 0.05) is 44.9 Å². The molecule has 1 aliphatic heterocycles. The highest BCUT2D eigenvalue weighted by Gasteiger charge is 2.26. The quantitative estimate of drug-likeness (QED) is 0.557. The third-order valence-corrected chi connectivity index (χ3v) is 6.21. The van der Waals surface area contributed by atoms with Crippen molar-refractivity contribution >= 4 is 17.6 Å². The molecule has 1 atom stereocenters. The fourth-order valence-corrected chi connectivity index (χ4v) is 3.99. The highest BCUT2D eigenvalue weighted by molar-refractivity contribution is 5.85. The molecule has 184 valence electrons. The largest absolute Gasteiger partial charge is 0.497 e. The predicted molar refractivity (Wildman–Crippen MR) is 131 cm³/mol. The molecule has 0 unspecified atom stereocenters. The minimum Gasteiger partial charge on any atom is -0.497 e. The Hall–Kier alpha value is -3.20. The van der Waals surface area contributed by atoms with Crippen LogP contribution in [0.5, 0.6) is 5.75 Å². The molecular formula is C25H35N5O4. The van der Waals surface area contributed by atoms with E-state index < -0.39 is 0 Å². The van der Waals surface area contributed by atoms with E-state index in [1.54, 1.807) is 12.0 Å². The van der Waals surface area contributed by atoms with Gasteiger partial charge in [-0.25, -0.2) is 0 Å². The number of carbonyl (C=O) groups excluding carboxylic acids is 2. The van der Waals surface area contributed by atoms with E-state index in [0.717, 1.165) is 42.2 Å². The van der Waals surface area contributed by atoms with Crippen LogP contribution >= 0.6 is 0 Å². The predicted octanol–water partition coefficient (Wildman–Crippen LogP) is 2.46. The van der Waals surface area contributed by atoms with Crippen molar-refractivity contribution in [3.05, 3.63) is 36.4 Å². The molecule has 0 aliphatic carbocycles. The molecular weight excluding hydrogens is 434 g/mol. The molecule has 0 bridgehead atoms. The molecule has 1 fully saturated rings. The second-order valence-electron chi connectivity index (χ2n) is 8.44. The Bertz CT molecular complexity index is 953. The van der Waals surface area contributed by atoms with Gasteiger partial charge in [0.15, 0.2) is 5.82 Å². The van der Waals surface area contributed by atoms with Crippen LogP contribution in [0.4, 0.5) is 5.82 Å². The van der Waals surface area contributed by atoms with E-state index in [1.807, 2.05) is 55.1 Å². The zero-order valence-corrected chi connectivity index (χ0v) is 20.6. The van der Waals surface area contributed by atoms with Crippen molar-refractivity contribution in [2.45, 2.75) is 32.7 Å². The zero-order valence-electron chi connectivity index (χ0n) is 20.6. The van der Waals surface area contributed by atoms with Crippen molar-refractivity contribution in [1.29, 1.82) is 0 Å². The highest BCUT2D eigenvalue weighted by Crippen LogP contribution is 2.23. The summed E-state index contributed by atoms with van der Waals surface area (Å²) in [5.74, 6) is 1.37. The summed E-state index contributed by atoms with van der Waals surface area (Å²) in [6.45, 7) is 6.69. The Labute approximate surface area is 201 Å². The number of aromatic nitrogens is 2. The summed E-state index contributed by atoms with van der Waals surface area (Å²) in [6.07, 6.45) is 1.60. The van der Waals surface area contributed by atoms with E-state index in [4.69, 9.17) is 9.47 Å². The standard InChI is InChI=1S/C25H35N5O4/c1-5-19(2)30(25(32)18-33-3)17-24(31)29-13-7-12-28(14-15-29)23-11-10-22(26-27-23)20-8-6-9-21(16-20)34-4/h6,8-11,16,19H,5,7,12-15,17-18H2,1-4H3/t19-/m1/s1. The minimum atomic E-state index is -0.159. The second kappa shape index (κ2) is 12.3. The number of anilines is 1. The Kier molecular flexibility index (Phi) is 9.21. The number of rotatable bonds is 9. The van der Waals surface area contributed by atoms with E-state index in [1.165, 1.54) is 7.11 Å². The summed E-state index contributed by atoms with van der Waals surface area (Å²) in [4.78, 5) is 31.1. The monoisotopic (exact) mass is 469 g/mol. The van der Waals surface area contributed by atoms with Crippen LogP contribution in [0.3, 0.4) is 0 Å². The maximum atomic E-state index is 13.0. The van der Waals surface area contributed by atoms with Gasteiger partial charge >= 0.3 is 0 Å². The molecule has 0 radical (unpaired) electrons. The lowest BCUT2D eigenvalue weighted by Crippen LogP contribution is -2.48. The van der Waals surface area contributed by atoms with Crippen LogP contribution in [0.25, 0.3) is 11.3 Å². The van der Waals surface area contributed by atoms with E-state index in [9.17, 15) is 9.59 Å². The van der Waals surface area contributed by atoms with E-state index in [-0.39, 0.29) is 31.0 Å². The minimum absolute atomic E-state index is 0.0180. The number of benzene rings is 1. The number of carbonyl (C=O) groups is 2. The van der Waals surface area contributed by atoms with E-state index >= 15 is 0 Å². The van der Waals surface area contributed by atoms with Crippen LogP contribution in [0.15, 0.2) is 36.4 Å². The van der Waals surface area contributed by atoms with Crippen LogP contribution < -0.4 is 9.64 Å². The molecule has 2 amide bonds. The van der Waals surface area contributed by atoms with Gasteiger partial charge in [0.05, 0.1) is 12.8 Å². The first-order valence-corrected chi connectivity index (χ1v) is 11.8. The van der Waals surface area contributed by atoms with Crippen molar-refractivity contribution in [2.75, 3.05) is 58.5 Å². The molecule has 0 saturated carbocycles. The number of amides is 2. The van der Waals surface area contributed by atoms with Crippen LogP contribution in [-0.2, 0) is 14.3 Å². The van der Waals surface area contributed by atoms with Gasteiger partial charge in [-0.15, -0.1) is 10.2 Å². The molecule has 1 aromatic heterocycles. The van der Waals surface area contributed by atoms with Gasteiger partial charge < -0.3 is 24.2 Å². The van der Waals surface area contributed by atoms with E-state index in [0.29, 0.717) is 19.6 Å². The first kappa shape index (κ1) is 25.4. The molecule has 0 N–H and O–H groups in total. The van der Waals surface area contributed by atoms with Gasteiger partial charge in [-0.2, -0.15) is 0 Å². The maximum absolute atomic E-state index is 13.0. The molecule has 1 aliphatic rings. The zero-order chi connectivity index (χ0) is 24.5. The summed E-state index contributed by atoms with van der Waals surface area (Å²) < 4.78 is 10.3. The Morgan fingerprint density at radius 3 is 2.59 bits per heavy atom. The van der Waals surface area contributed by atoms with Gasteiger partial charge in [-0.3, -0.25) is 9.59 Å². The smallest absolute Gasteiger partial charge is 0.249 e. The molecule has 2 aromatic rings. The first-order valence-electron chi connectivity index (χ1n) is 11.8. The second-order valence-corrected chi connectivity index (χ2v) is 8.44. The Morgan fingerprint density at radius 2 is 1.91 bits per heavy atom. The molecule has 2 heterocycles. The van der Waals surface area contributed by atoms with Gasteiger partial charge in [-0.1, -0.05) is 19.1 Å². The topological polar surface area (TPSA) is 88.1 Å². The number of methoxy groups -OCH3 is 2. The molecule has 1 saturated heterocycles. The number of hydrogen-bond donors (Lipinski definition) is 0. The van der Waals surface area contributed by atoms with Gasteiger partial charge in [0.25, 0.3) is 0 Å². The van der Waals surface area contributed by atoms with Gasteiger partial charge in [-0.05, 0) is 44.0 Å². The van der Waals surface area contributed by atoms with Crippen molar-refractivity contribution in [1.82, 2.24) is 20.0 Å². The average Bonchev–Trinajstić information content (AvgIpc) is 3.13. The fourth-order valence-electron chi connectivity index (χ4n) is 3.99. The molecule has 34 heavy (non-hydrogen) atoms. The average molecular weight is 470 g/mol. The normalized spacial score (nSPS) is 14.9. The lowest BCUT2D eigenvalue weighted by Gasteiger charge is -2.30. The summed E-state index contributed by atoms with van der Waals surface area (Å²) in [5.41, 5.74) is 1.72. The lowest BCUT2D eigenvalue weighted by molar-refractivity contribution is -0.144. The summed E-state index contributed by atoms with van der Waals surface area (Å²) in [7, 11) is 3.13. The fraction of sp³-hybridized carbons (Fsp3) is 0.520. The molecule has 3 rings (SSSR count). The third kappa shape index (κ3) is 6.44. The summed E-state index contributed by atoms with van der Waals surface area (Å²) >= 11 is 0. The van der Waals surface area contributed by atoms with Crippen LogP contribution in [0, 0.1) is 0 Å². The van der Waals surface area contributed by atoms with Crippen molar-refractivity contribution < 1.29 is 19.1 Å². The van der Waals surface area contributed by atoms with Crippen molar-refractivity contribution in [3.8, 4) is 17.0 Å². The lowest BCUT2D eigenvalue weighted by atomic mass is 10.1. The van der Waals surface area contributed by atoms with Gasteiger partial charge in [0.1, 0.15) is 18.9 Å². The van der Waals surface area contributed by atoms with Crippen molar-refractivity contribution in [2.24, 2.45) is 0 Å². The van der Waals surface area contributed by atoms with Crippen molar-refractivity contribution in [3.63, 3.8) is 0 Å². The summed E-state index contributed by atoms with van der Waals surface area (Å²) in [5, 5.41) is 8.84. The first-order chi connectivity index (χ1) is 16.5. The number of nitrogens with zero attached hydrogens (tertiary/aromatic N) is 5. The number of hydrogen-bond acceptors (Lipinski definition) is 7. The Balaban J connectivity index is 1.62. The molecule has 0 spiro atoms. The molecule has 1 aromatic carbocycles. The summed E-state index contributed by atoms with van der Waals surface area (Å²) in [6, 6.07) is 11.6. The van der Waals surface area contributed by atoms with Crippen LogP contribution in [0.1, 0.15) is 26.7 Å². The SMILES string of the molecule is CC[C@@H](C)N(CC(=O)N1CCCN(c2ccc(-c3cccc(OC)c3)nn2)CC1)C(=O)COC. The maximum Gasteiger partial charge on any atom is 0.249 e. The number of ether oxygens (including phenoxy) is 2. The Morgan fingerprint density at radius 1 is 1.09 bits per heavy atom. The van der Waals surface area contributed by atoms with Gasteiger partial charge in [0.2, 0.25) is 11.8 Å². The third-order valence-electron chi connectivity index (χ3n) is 6.21. The molecule has 9 heteroatoms. The molecule has 9 nitrogen and oxygen atoms in total. The highest BCUT2D eigenvalue weighted by atomic mass is 16.5. The van der Waals surface area contributed by atoms with Crippen LogP contribution in [-0.4, -0.2) is 91.4 Å². The van der Waals surface area contributed by atoms with E-state index in [2.05, 4.69) is 15.1 Å². The van der Waals surface area contributed by atoms with Crippen LogP contribution in [0.2, 0.25) is 0 Å².